The molecule has 0 spiro atoms. The van der Waals surface area contributed by atoms with Crippen LogP contribution < -0.4 is 16.0 Å². The van der Waals surface area contributed by atoms with Crippen LogP contribution in [0.5, 0.6) is 11.5 Å². The van der Waals surface area contributed by atoms with Gasteiger partial charge in [0.05, 0.1) is 76.0 Å². The summed E-state index contributed by atoms with van der Waals surface area (Å²) in [7, 11) is 0. The molecule has 2 aliphatic rings. The molecular formula is C39H42N4O12. The summed E-state index contributed by atoms with van der Waals surface area (Å²) in [6, 6.07) is 14.4. The molecule has 0 aliphatic carbocycles. The first-order chi connectivity index (χ1) is 26.6. The van der Waals surface area contributed by atoms with E-state index < -0.39 is 35.5 Å². The Morgan fingerprint density at radius 1 is 0.818 bits per heavy atom. The van der Waals surface area contributed by atoms with E-state index in [1.807, 2.05) is 0 Å². The zero-order valence-electron chi connectivity index (χ0n) is 29.9. The molecule has 5 amide bonds. The normalized spacial score (nSPS) is 15.3. The van der Waals surface area contributed by atoms with Crippen LogP contribution in [-0.2, 0) is 33.3 Å². The number of anilines is 2. The molecule has 1 fully saturated rings. The summed E-state index contributed by atoms with van der Waals surface area (Å²) >= 11 is 0. The van der Waals surface area contributed by atoms with Gasteiger partial charge in [-0.15, -0.1) is 0 Å². The van der Waals surface area contributed by atoms with Gasteiger partial charge in [0.15, 0.2) is 5.78 Å². The molecule has 0 aromatic heterocycles. The van der Waals surface area contributed by atoms with Crippen molar-refractivity contribution in [2.75, 3.05) is 70.0 Å². The van der Waals surface area contributed by atoms with E-state index in [2.05, 4.69) is 16.0 Å². The fraction of sp³-hybridized carbons (Fsp3) is 0.333. The molecule has 2 aliphatic heterocycles. The lowest BCUT2D eigenvalue weighted by atomic mass is 10.0. The highest BCUT2D eigenvalue weighted by atomic mass is 16.6. The highest BCUT2D eigenvalue weighted by Gasteiger charge is 2.45. The summed E-state index contributed by atoms with van der Waals surface area (Å²) in [6.45, 7) is 2.89. The first kappa shape index (κ1) is 40.2. The molecule has 0 bridgehead atoms. The van der Waals surface area contributed by atoms with Crippen LogP contribution in [0.4, 0.5) is 11.4 Å². The van der Waals surface area contributed by atoms with E-state index in [9.17, 15) is 39.0 Å². The Kier molecular flexibility index (Phi) is 14.6. The number of allylic oxidation sites excluding steroid dienone is 1. The monoisotopic (exact) mass is 758 g/mol. The smallest absolute Gasteiger partial charge is 0.264 e. The number of ether oxygens (including phenoxy) is 4. The Balaban J connectivity index is 0.853. The van der Waals surface area contributed by atoms with Crippen molar-refractivity contribution in [2.24, 2.45) is 0 Å². The van der Waals surface area contributed by atoms with Gasteiger partial charge in [-0.1, -0.05) is 24.3 Å². The van der Waals surface area contributed by atoms with E-state index in [-0.39, 0.29) is 60.0 Å². The van der Waals surface area contributed by atoms with Gasteiger partial charge in [0.2, 0.25) is 17.7 Å². The lowest BCUT2D eigenvalue weighted by molar-refractivity contribution is -0.136. The third-order valence-corrected chi connectivity index (χ3v) is 8.49. The van der Waals surface area contributed by atoms with Crippen molar-refractivity contribution in [1.29, 1.82) is 0 Å². The number of piperidine rings is 1. The molecule has 55 heavy (non-hydrogen) atoms. The van der Waals surface area contributed by atoms with Gasteiger partial charge in [0, 0.05) is 24.3 Å². The number of benzene rings is 3. The molecule has 3 aromatic carbocycles. The molecule has 5 N–H and O–H groups in total. The number of nitrogens with one attached hydrogen (secondary N) is 3. The Bertz CT molecular complexity index is 1910. The van der Waals surface area contributed by atoms with Gasteiger partial charge in [0.1, 0.15) is 17.5 Å². The SMILES string of the molecule is O=C1CCC(N2C(=O)c3cccc(NCCOCCOCCOCCOCCC(=O)Nc4ccc(/C=C/C(=O)c5cc(O)ccc5O)cc4)c3C2=O)C(=O)N1. The fourth-order valence-corrected chi connectivity index (χ4v) is 5.73. The highest BCUT2D eigenvalue weighted by Crippen LogP contribution is 2.32. The van der Waals surface area contributed by atoms with Crippen molar-refractivity contribution in [2.45, 2.75) is 25.3 Å². The summed E-state index contributed by atoms with van der Waals surface area (Å²) in [5.41, 5.74) is 2.12. The first-order valence-corrected chi connectivity index (χ1v) is 17.7. The number of phenols is 2. The predicted octanol–water partition coefficient (Wildman–Crippen LogP) is 2.90. The van der Waals surface area contributed by atoms with Gasteiger partial charge in [-0.05, 0) is 60.5 Å². The van der Waals surface area contributed by atoms with Crippen molar-refractivity contribution in [3.05, 3.63) is 89.0 Å². The number of imide groups is 2. The maximum Gasteiger partial charge on any atom is 0.264 e. The van der Waals surface area contributed by atoms with Crippen LogP contribution in [0, 0.1) is 0 Å². The molecule has 290 valence electrons. The standard InChI is InChI=1S/C39H42N4O12/c44-27-9-12-33(46)29(24-27)32(45)11-6-25-4-7-26(8-5-25)41-35(48)14-16-52-18-20-54-22-23-55-21-19-53-17-15-40-30-3-1-2-28-36(30)39(51)43(38(28)50)31-10-13-34(47)42-37(31)49/h1-9,11-12,24,31,40,44,46H,10,13-23H2,(H,41,48)(H,42,47,49)/b11-6+. The van der Waals surface area contributed by atoms with Crippen LogP contribution in [0.15, 0.2) is 66.7 Å². The summed E-state index contributed by atoms with van der Waals surface area (Å²) in [5.74, 6) is -3.27. The number of ketones is 1. The third-order valence-electron chi connectivity index (χ3n) is 8.49. The van der Waals surface area contributed by atoms with Crippen LogP contribution in [0.2, 0.25) is 0 Å². The summed E-state index contributed by atoms with van der Waals surface area (Å²) < 4.78 is 22.0. The summed E-state index contributed by atoms with van der Waals surface area (Å²) in [5, 5.41) is 27.4. The van der Waals surface area contributed by atoms with Gasteiger partial charge in [0.25, 0.3) is 11.8 Å². The van der Waals surface area contributed by atoms with Crippen LogP contribution in [0.3, 0.4) is 0 Å². The zero-order valence-corrected chi connectivity index (χ0v) is 29.9. The second-order valence-corrected chi connectivity index (χ2v) is 12.4. The lowest BCUT2D eigenvalue weighted by Gasteiger charge is -2.27. The van der Waals surface area contributed by atoms with Crippen LogP contribution >= 0.6 is 0 Å². The summed E-state index contributed by atoms with van der Waals surface area (Å²) in [4.78, 5) is 75.4. The van der Waals surface area contributed by atoms with E-state index in [0.717, 1.165) is 4.90 Å². The number of carbonyl (C=O) groups excluding carboxylic acids is 6. The highest BCUT2D eigenvalue weighted by molar-refractivity contribution is 6.25. The predicted molar refractivity (Wildman–Crippen MR) is 198 cm³/mol. The number of hydrogen-bond donors (Lipinski definition) is 5. The van der Waals surface area contributed by atoms with Gasteiger partial charge in [-0.3, -0.25) is 39.0 Å². The number of aromatic hydroxyl groups is 2. The van der Waals surface area contributed by atoms with E-state index in [1.54, 1.807) is 42.5 Å². The largest absolute Gasteiger partial charge is 0.508 e. The van der Waals surface area contributed by atoms with Gasteiger partial charge in [-0.2, -0.15) is 0 Å². The Morgan fingerprint density at radius 3 is 2.18 bits per heavy atom. The Labute approximate surface area is 316 Å². The average Bonchev–Trinajstić information content (AvgIpc) is 3.42. The second-order valence-electron chi connectivity index (χ2n) is 12.4. The number of phenolic OH excluding ortho intramolecular Hbond substituents is 2. The first-order valence-electron chi connectivity index (χ1n) is 17.7. The Morgan fingerprint density at radius 2 is 1.49 bits per heavy atom. The van der Waals surface area contributed by atoms with Crippen molar-refractivity contribution in [3.8, 4) is 11.5 Å². The summed E-state index contributed by atoms with van der Waals surface area (Å²) in [6.07, 6.45) is 3.14. The maximum absolute atomic E-state index is 13.2. The molecule has 3 aromatic rings. The molecular weight excluding hydrogens is 716 g/mol. The molecule has 16 nitrogen and oxygen atoms in total. The number of amides is 5. The fourth-order valence-electron chi connectivity index (χ4n) is 5.73. The third kappa shape index (κ3) is 11.3. The van der Waals surface area contributed by atoms with Crippen LogP contribution in [0.1, 0.15) is 55.9 Å². The van der Waals surface area contributed by atoms with Crippen LogP contribution in [0.25, 0.3) is 6.08 Å². The van der Waals surface area contributed by atoms with Gasteiger partial charge >= 0.3 is 0 Å². The quantitative estimate of drug-likeness (QED) is 0.0348. The number of nitrogens with zero attached hydrogens (tertiary/aromatic N) is 1. The molecule has 5 rings (SSSR count). The number of hydrogen-bond acceptors (Lipinski definition) is 13. The molecule has 1 unspecified atom stereocenters. The second kappa shape index (κ2) is 19.9. The topological polar surface area (TPSA) is 219 Å². The van der Waals surface area contributed by atoms with Crippen molar-refractivity contribution >= 4 is 52.8 Å². The number of fused-ring (bicyclic) bond motifs is 1. The molecule has 0 radical (unpaired) electrons. The average molecular weight is 759 g/mol. The van der Waals surface area contributed by atoms with Crippen LogP contribution in [-0.4, -0.2) is 116 Å². The van der Waals surface area contributed by atoms with E-state index >= 15 is 0 Å². The Hall–Kier alpha value is -5.94. The zero-order chi connectivity index (χ0) is 39.2. The van der Waals surface area contributed by atoms with Gasteiger partial charge in [-0.25, -0.2) is 0 Å². The van der Waals surface area contributed by atoms with Crippen molar-refractivity contribution < 1.29 is 57.9 Å². The molecule has 1 saturated heterocycles. The molecule has 1 atom stereocenters. The van der Waals surface area contributed by atoms with Crippen molar-refractivity contribution in [3.63, 3.8) is 0 Å². The van der Waals surface area contributed by atoms with Crippen molar-refractivity contribution in [1.82, 2.24) is 10.2 Å². The van der Waals surface area contributed by atoms with E-state index in [1.165, 1.54) is 30.3 Å². The molecule has 2 heterocycles. The van der Waals surface area contributed by atoms with E-state index in [4.69, 9.17) is 18.9 Å². The molecule has 0 saturated carbocycles. The minimum Gasteiger partial charge on any atom is -0.508 e. The van der Waals surface area contributed by atoms with Gasteiger partial charge < -0.3 is 39.8 Å². The minimum absolute atomic E-state index is 0.00927. The van der Waals surface area contributed by atoms with E-state index in [0.29, 0.717) is 69.7 Å². The molecule has 16 heteroatoms. The lowest BCUT2D eigenvalue weighted by Crippen LogP contribution is -2.54. The minimum atomic E-state index is -1.03. The maximum atomic E-state index is 13.2. The number of rotatable bonds is 21. The number of carbonyl (C=O) groups is 6.